The van der Waals surface area contributed by atoms with E-state index in [4.69, 9.17) is 11.6 Å². The molecule has 7 nitrogen and oxygen atoms in total. The van der Waals surface area contributed by atoms with Crippen LogP contribution in [0.2, 0.25) is 5.02 Å². The fourth-order valence-corrected chi connectivity index (χ4v) is 4.67. The van der Waals surface area contributed by atoms with Crippen molar-refractivity contribution in [2.24, 2.45) is 0 Å². The lowest BCUT2D eigenvalue weighted by molar-refractivity contribution is -0.112. The summed E-state index contributed by atoms with van der Waals surface area (Å²) in [6, 6.07) is 26.3. The van der Waals surface area contributed by atoms with Crippen LogP contribution in [0, 0.1) is 13.8 Å². The van der Waals surface area contributed by atoms with Crippen molar-refractivity contribution in [3.63, 3.8) is 0 Å². The van der Waals surface area contributed by atoms with E-state index in [0.29, 0.717) is 29.4 Å². The van der Waals surface area contributed by atoms with Crippen molar-refractivity contribution >= 4 is 46.0 Å². The Morgan fingerprint density at radius 2 is 1.56 bits per heavy atom. The Morgan fingerprint density at radius 1 is 0.846 bits per heavy atom. The first-order valence-corrected chi connectivity index (χ1v) is 13.0. The Kier molecular flexibility index (Phi) is 7.61. The molecule has 3 heterocycles. The van der Waals surface area contributed by atoms with Crippen molar-refractivity contribution in [1.29, 1.82) is 0 Å². The van der Waals surface area contributed by atoms with Crippen LogP contribution in [0.5, 0.6) is 0 Å². The summed E-state index contributed by atoms with van der Waals surface area (Å²) < 4.78 is 1.67. The third kappa shape index (κ3) is 6.10. The highest BCUT2D eigenvalue weighted by molar-refractivity contribution is 6.47. The number of hydrogen-bond acceptors (Lipinski definition) is 5. The third-order valence-electron chi connectivity index (χ3n) is 6.24. The number of aryl methyl sites for hydroxylation is 2. The van der Waals surface area contributed by atoms with E-state index in [-0.39, 0.29) is 5.69 Å². The van der Waals surface area contributed by atoms with Crippen molar-refractivity contribution in [2.45, 2.75) is 13.8 Å². The Morgan fingerprint density at radius 3 is 2.31 bits per heavy atom. The lowest BCUT2D eigenvalue weighted by atomic mass is 10.0. The minimum Gasteiger partial charge on any atom is -0.383 e. The van der Waals surface area contributed by atoms with Crippen LogP contribution in [0.4, 0.5) is 17.2 Å². The summed E-state index contributed by atoms with van der Waals surface area (Å²) in [5.41, 5.74) is 6.11. The molecule has 3 aromatic heterocycles. The van der Waals surface area contributed by atoms with Crippen molar-refractivity contribution < 1.29 is 9.59 Å². The molecule has 196 valence electrons. The van der Waals surface area contributed by atoms with Crippen LogP contribution in [0.1, 0.15) is 21.7 Å². The highest BCUT2D eigenvalue weighted by atomic mass is 35.5. The van der Waals surface area contributed by atoms with Gasteiger partial charge in [-0.2, -0.15) is 0 Å². The first-order chi connectivity index (χ1) is 18.9. The number of Topliss-reactive ketones (excluding diaryl/α,β-unsaturated/α-hetero) is 1. The van der Waals surface area contributed by atoms with Gasteiger partial charge in [0.2, 0.25) is 0 Å². The average molecular weight is 538 g/mol. The zero-order valence-corrected chi connectivity index (χ0v) is 22.4. The average Bonchev–Trinajstić information content (AvgIpc) is 3.30. The van der Waals surface area contributed by atoms with Crippen molar-refractivity contribution in [3.8, 4) is 11.1 Å². The highest BCUT2D eigenvalue weighted by Gasteiger charge is 2.25. The van der Waals surface area contributed by atoms with Gasteiger partial charge in [0, 0.05) is 47.4 Å². The number of ketones is 1. The number of nitrogens with zero attached hydrogens (tertiary/aromatic N) is 2. The number of carbonyl (C=O) groups excluding carboxylic acids is 2. The number of pyridine rings is 2. The topological polar surface area (TPSA) is 87.5 Å². The number of rotatable bonds is 9. The SMILES string of the molecule is Cc1cc(C)nc(NCCNc2ccc(NC(=O)C(=O)c3c(-c4ccccc4)cc4ccc(Cl)cn34)cc2)c1. The van der Waals surface area contributed by atoms with Crippen LogP contribution in [0.3, 0.4) is 0 Å². The lowest BCUT2D eigenvalue weighted by Gasteiger charge is -2.11. The molecule has 1 amide bonds. The molecule has 3 N–H and O–H groups in total. The van der Waals surface area contributed by atoms with Gasteiger partial charge in [-0.05, 0) is 79.6 Å². The fraction of sp³-hybridized carbons (Fsp3) is 0.129. The number of carbonyl (C=O) groups is 2. The van der Waals surface area contributed by atoms with E-state index in [1.807, 2.05) is 80.6 Å². The molecule has 0 saturated heterocycles. The van der Waals surface area contributed by atoms with Gasteiger partial charge < -0.3 is 20.4 Å². The van der Waals surface area contributed by atoms with Gasteiger partial charge in [-0.25, -0.2) is 4.98 Å². The molecule has 0 bridgehead atoms. The molecule has 0 aliphatic heterocycles. The molecule has 0 fully saturated rings. The Balaban J connectivity index is 1.25. The van der Waals surface area contributed by atoms with Crippen LogP contribution in [0.15, 0.2) is 91.1 Å². The van der Waals surface area contributed by atoms with Crippen LogP contribution in [-0.2, 0) is 4.79 Å². The molecule has 0 aliphatic rings. The number of halogens is 1. The summed E-state index contributed by atoms with van der Waals surface area (Å²) in [7, 11) is 0. The van der Waals surface area contributed by atoms with E-state index in [9.17, 15) is 9.59 Å². The number of fused-ring (bicyclic) bond motifs is 1. The summed E-state index contributed by atoms with van der Waals surface area (Å²) in [6.45, 7) is 5.40. The Labute approximate surface area is 231 Å². The van der Waals surface area contributed by atoms with E-state index >= 15 is 0 Å². The van der Waals surface area contributed by atoms with Gasteiger partial charge in [0.25, 0.3) is 11.7 Å². The number of benzene rings is 2. The molecule has 0 aliphatic carbocycles. The first-order valence-electron chi connectivity index (χ1n) is 12.6. The van der Waals surface area contributed by atoms with Crippen LogP contribution in [0.25, 0.3) is 16.6 Å². The second kappa shape index (κ2) is 11.4. The molecule has 8 heteroatoms. The van der Waals surface area contributed by atoms with Gasteiger partial charge in [0.15, 0.2) is 0 Å². The van der Waals surface area contributed by atoms with Gasteiger partial charge in [0.05, 0.1) is 5.02 Å². The smallest absolute Gasteiger partial charge is 0.298 e. The summed E-state index contributed by atoms with van der Waals surface area (Å²) in [5, 5.41) is 9.85. The second-order valence-corrected chi connectivity index (χ2v) is 9.74. The maximum Gasteiger partial charge on any atom is 0.298 e. The number of aromatic nitrogens is 2. The van der Waals surface area contributed by atoms with Crippen molar-refractivity contribution in [1.82, 2.24) is 9.38 Å². The molecule has 0 spiro atoms. The first kappa shape index (κ1) is 26.0. The number of anilines is 3. The van der Waals surface area contributed by atoms with Gasteiger partial charge in [0.1, 0.15) is 11.5 Å². The number of hydrogen-bond donors (Lipinski definition) is 3. The summed E-state index contributed by atoms with van der Waals surface area (Å²) in [6.07, 6.45) is 1.65. The van der Waals surface area contributed by atoms with Crippen LogP contribution in [-0.4, -0.2) is 34.2 Å². The predicted octanol–water partition coefficient (Wildman–Crippen LogP) is 6.62. The van der Waals surface area contributed by atoms with E-state index in [2.05, 4.69) is 20.9 Å². The number of nitrogens with one attached hydrogen (secondary N) is 3. The van der Waals surface area contributed by atoms with Crippen molar-refractivity contribution in [2.75, 3.05) is 29.0 Å². The maximum absolute atomic E-state index is 13.4. The molecule has 0 unspecified atom stereocenters. The lowest BCUT2D eigenvalue weighted by Crippen LogP contribution is -2.24. The molecule has 2 aromatic carbocycles. The van der Waals surface area contributed by atoms with Gasteiger partial charge in [-0.1, -0.05) is 41.9 Å². The minimum absolute atomic E-state index is 0.264. The summed E-state index contributed by atoms with van der Waals surface area (Å²) in [4.78, 5) is 31.0. The standard InChI is InChI=1S/C31H28ClN5O2/c1-20-16-21(2)35-28(17-20)34-15-14-33-24-9-11-25(12-10-24)36-31(39)30(38)29-27(22-6-4-3-5-7-22)18-26-13-8-23(32)19-37(26)29/h3-13,16-19,33H,14-15H2,1-2H3,(H,34,35)(H,36,39). The predicted molar refractivity (Wildman–Crippen MR) is 158 cm³/mol. The quantitative estimate of drug-likeness (QED) is 0.112. The fourth-order valence-electron chi connectivity index (χ4n) is 4.51. The molecule has 0 atom stereocenters. The molecule has 0 radical (unpaired) electrons. The number of amides is 1. The van der Waals surface area contributed by atoms with Gasteiger partial charge in [-0.15, -0.1) is 0 Å². The van der Waals surface area contributed by atoms with E-state index in [1.165, 1.54) is 5.56 Å². The van der Waals surface area contributed by atoms with Crippen LogP contribution >= 0.6 is 11.6 Å². The summed E-state index contributed by atoms with van der Waals surface area (Å²) >= 11 is 6.22. The molecular weight excluding hydrogens is 510 g/mol. The van der Waals surface area contributed by atoms with Crippen molar-refractivity contribution in [3.05, 3.63) is 113 Å². The Bertz CT molecular complexity index is 1630. The zero-order valence-electron chi connectivity index (χ0n) is 21.7. The van der Waals surface area contributed by atoms with Gasteiger partial charge >= 0.3 is 0 Å². The van der Waals surface area contributed by atoms with E-state index < -0.39 is 11.7 Å². The van der Waals surface area contributed by atoms with Gasteiger partial charge in [-0.3, -0.25) is 9.59 Å². The van der Waals surface area contributed by atoms with Crippen LogP contribution < -0.4 is 16.0 Å². The monoisotopic (exact) mass is 537 g/mol. The molecule has 5 aromatic rings. The minimum atomic E-state index is -0.724. The highest BCUT2D eigenvalue weighted by Crippen LogP contribution is 2.29. The van der Waals surface area contributed by atoms with E-state index in [1.54, 1.807) is 28.8 Å². The molecule has 0 saturated carbocycles. The maximum atomic E-state index is 13.4. The zero-order chi connectivity index (χ0) is 27.4. The molecule has 5 rings (SSSR count). The third-order valence-corrected chi connectivity index (χ3v) is 6.46. The van der Waals surface area contributed by atoms with E-state index in [0.717, 1.165) is 28.3 Å². The molecule has 39 heavy (non-hydrogen) atoms. The largest absolute Gasteiger partial charge is 0.383 e. The normalized spacial score (nSPS) is 10.8. The summed E-state index contributed by atoms with van der Waals surface area (Å²) in [5.74, 6) is -0.520. The molecular formula is C31H28ClN5O2. The second-order valence-electron chi connectivity index (χ2n) is 9.30. The Hall–Kier alpha value is -4.62.